The Morgan fingerprint density at radius 2 is 1.85 bits per heavy atom. The maximum atomic E-state index is 13.4. The zero-order valence-corrected chi connectivity index (χ0v) is 18.6. The highest BCUT2D eigenvalue weighted by Gasteiger charge is 2.22. The van der Waals surface area contributed by atoms with E-state index in [4.69, 9.17) is 9.84 Å². The van der Waals surface area contributed by atoms with Gasteiger partial charge in [-0.15, -0.1) is 10.2 Å². The van der Waals surface area contributed by atoms with E-state index < -0.39 is 0 Å². The van der Waals surface area contributed by atoms with Gasteiger partial charge in [0.2, 0.25) is 0 Å². The highest BCUT2D eigenvalue weighted by Crippen LogP contribution is 2.31. The van der Waals surface area contributed by atoms with Gasteiger partial charge in [0.25, 0.3) is 5.91 Å². The molecule has 0 saturated heterocycles. The predicted octanol–water partition coefficient (Wildman–Crippen LogP) is 3.80. The van der Waals surface area contributed by atoms with Crippen LogP contribution in [-0.2, 0) is 19.5 Å². The summed E-state index contributed by atoms with van der Waals surface area (Å²) < 4.78 is 9.40. The van der Waals surface area contributed by atoms with Gasteiger partial charge in [0.1, 0.15) is 17.3 Å². The van der Waals surface area contributed by atoms with Crippen molar-refractivity contribution < 1.29 is 9.53 Å². The second-order valence-electron chi connectivity index (χ2n) is 8.05. The van der Waals surface area contributed by atoms with E-state index in [1.165, 1.54) is 6.42 Å². The molecule has 0 fully saturated rings. The Kier molecular flexibility index (Phi) is 5.89. The molecule has 4 aromatic rings. The fourth-order valence-corrected chi connectivity index (χ4v) is 4.22. The Bertz CT molecular complexity index is 1260. The first-order valence-electron chi connectivity index (χ1n) is 11.2. The van der Waals surface area contributed by atoms with Crippen molar-refractivity contribution in [2.45, 2.75) is 38.8 Å². The number of para-hydroxylation sites is 2. The first-order valence-corrected chi connectivity index (χ1v) is 11.2. The monoisotopic (exact) mass is 442 g/mol. The third-order valence-corrected chi connectivity index (χ3v) is 5.93. The number of nitrogens with one attached hydrogen (secondary N) is 1. The van der Waals surface area contributed by atoms with Gasteiger partial charge >= 0.3 is 0 Å². The summed E-state index contributed by atoms with van der Waals surface area (Å²) in [4.78, 5) is 13.4. The standard InChI is InChI=1S/C25H26N6O2/c1-33-21-13-8-7-12-19(21)24-20(17-31(29-24)18-10-4-2-5-11-18)25(32)26-16-23-28-27-22-14-6-3-9-15-30(22)23/h2,4-5,7-8,10-13,17H,3,6,9,14-16H2,1H3,(H,26,32). The van der Waals surface area contributed by atoms with Crippen LogP contribution in [0.5, 0.6) is 5.75 Å². The fraction of sp³-hybridized carbons (Fsp3) is 0.280. The topological polar surface area (TPSA) is 86.9 Å². The van der Waals surface area contributed by atoms with Crippen molar-refractivity contribution in [2.75, 3.05) is 7.11 Å². The number of carbonyl (C=O) groups is 1. The molecule has 1 N–H and O–H groups in total. The minimum absolute atomic E-state index is 0.218. The van der Waals surface area contributed by atoms with Crippen LogP contribution < -0.4 is 10.1 Å². The first-order chi connectivity index (χ1) is 16.2. The van der Waals surface area contributed by atoms with Crippen molar-refractivity contribution in [3.63, 3.8) is 0 Å². The second-order valence-corrected chi connectivity index (χ2v) is 8.05. The number of aromatic nitrogens is 5. The molecule has 1 aliphatic heterocycles. The van der Waals surface area contributed by atoms with Crippen molar-refractivity contribution >= 4 is 5.91 Å². The number of methoxy groups -OCH3 is 1. The van der Waals surface area contributed by atoms with E-state index in [1.54, 1.807) is 18.0 Å². The number of benzene rings is 2. The van der Waals surface area contributed by atoms with Gasteiger partial charge in [-0.25, -0.2) is 4.68 Å². The molecule has 1 aliphatic rings. The van der Waals surface area contributed by atoms with Gasteiger partial charge in [0.05, 0.1) is 24.9 Å². The second kappa shape index (κ2) is 9.28. The molecule has 0 bridgehead atoms. The third-order valence-electron chi connectivity index (χ3n) is 5.93. The summed E-state index contributed by atoms with van der Waals surface area (Å²) in [6, 6.07) is 17.3. The molecular formula is C25H26N6O2. The number of hydrogen-bond acceptors (Lipinski definition) is 5. The molecule has 168 valence electrons. The van der Waals surface area contributed by atoms with Crippen LogP contribution in [0.15, 0.2) is 60.8 Å². The molecule has 0 saturated carbocycles. The van der Waals surface area contributed by atoms with Gasteiger partial charge < -0.3 is 14.6 Å². The van der Waals surface area contributed by atoms with E-state index in [2.05, 4.69) is 20.1 Å². The molecule has 33 heavy (non-hydrogen) atoms. The van der Waals surface area contributed by atoms with Gasteiger partial charge in [-0.2, -0.15) is 5.10 Å². The third kappa shape index (κ3) is 4.24. The van der Waals surface area contributed by atoms with Crippen molar-refractivity contribution in [2.24, 2.45) is 0 Å². The number of nitrogens with zero attached hydrogens (tertiary/aromatic N) is 5. The lowest BCUT2D eigenvalue weighted by Gasteiger charge is -2.09. The number of ether oxygens (including phenoxy) is 1. The maximum Gasteiger partial charge on any atom is 0.255 e. The molecule has 3 heterocycles. The molecule has 5 rings (SSSR count). The minimum atomic E-state index is -0.218. The lowest BCUT2D eigenvalue weighted by Crippen LogP contribution is -2.25. The van der Waals surface area contributed by atoms with Gasteiger partial charge in [-0.05, 0) is 37.1 Å². The molecule has 2 aromatic carbocycles. The Morgan fingerprint density at radius 3 is 2.70 bits per heavy atom. The molecule has 0 spiro atoms. The predicted molar refractivity (Wildman–Crippen MR) is 124 cm³/mol. The van der Waals surface area contributed by atoms with E-state index in [0.717, 1.165) is 48.7 Å². The first kappa shape index (κ1) is 20.9. The molecule has 8 nitrogen and oxygen atoms in total. The number of rotatable bonds is 6. The number of carbonyl (C=O) groups excluding carboxylic acids is 1. The van der Waals surface area contributed by atoms with Crippen molar-refractivity contribution in [1.82, 2.24) is 29.9 Å². The van der Waals surface area contributed by atoms with Crippen molar-refractivity contribution in [3.8, 4) is 22.7 Å². The smallest absolute Gasteiger partial charge is 0.255 e. The average molecular weight is 443 g/mol. The Labute approximate surface area is 192 Å². The fourth-order valence-electron chi connectivity index (χ4n) is 4.22. The summed E-state index contributed by atoms with van der Waals surface area (Å²) in [7, 11) is 1.61. The molecule has 8 heteroatoms. The lowest BCUT2D eigenvalue weighted by molar-refractivity contribution is 0.0950. The Balaban J connectivity index is 1.47. The van der Waals surface area contributed by atoms with E-state index in [-0.39, 0.29) is 5.91 Å². The Hall–Kier alpha value is -3.94. The molecule has 0 unspecified atom stereocenters. The van der Waals surface area contributed by atoms with E-state index in [0.29, 0.717) is 23.6 Å². The zero-order valence-electron chi connectivity index (χ0n) is 18.6. The molecule has 2 aromatic heterocycles. The SMILES string of the molecule is COc1ccccc1-c1nn(-c2ccccc2)cc1C(=O)NCc1nnc2n1CCCCC2. The van der Waals surface area contributed by atoms with Gasteiger partial charge in [-0.1, -0.05) is 36.8 Å². The van der Waals surface area contributed by atoms with Crippen LogP contribution in [0.25, 0.3) is 16.9 Å². The molecular weight excluding hydrogens is 416 g/mol. The maximum absolute atomic E-state index is 13.4. The van der Waals surface area contributed by atoms with Gasteiger partial charge in [-0.3, -0.25) is 4.79 Å². The van der Waals surface area contributed by atoms with Crippen LogP contribution in [-0.4, -0.2) is 37.6 Å². The van der Waals surface area contributed by atoms with Crippen LogP contribution in [0.1, 0.15) is 41.3 Å². The van der Waals surface area contributed by atoms with Crippen LogP contribution in [0, 0.1) is 0 Å². The molecule has 0 radical (unpaired) electrons. The number of hydrogen-bond donors (Lipinski definition) is 1. The summed E-state index contributed by atoms with van der Waals surface area (Å²) in [5.74, 6) is 2.23. The normalized spacial score (nSPS) is 13.2. The summed E-state index contributed by atoms with van der Waals surface area (Å²) >= 11 is 0. The zero-order chi connectivity index (χ0) is 22.6. The summed E-state index contributed by atoms with van der Waals surface area (Å²) in [5.41, 5.74) is 2.67. The molecule has 0 atom stereocenters. The summed E-state index contributed by atoms with van der Waals surface area (Å²) in [6.45, 7) is 1.21. The van der Waals surface area contributed by atoms with Gasteiger partial charge in [0, 0.05) is 24.7 Å². The minimum Gasteiger partial charge on any atom is -0.496 e. The van der Waals surface area contributed by atoms with Crippen LogP contribution in [0.3, 0.4) is 0 Å². The van der Waals surface area contributed by atoms with E-state index in [9.17, 15) is 4.79 Å². The number of amides is 1. The number of aryl methyl sites for hydroxylation is 1. The van der Waals surface area contributed by atoms with E-state index in [1.807, 2.05) is 54.6 Å². The highest BCUT2D eigenvalue weighted by atomic mass is 16.5. The van der Waals surface area contributed by atoms with E-state index >= 15 is 0 Å². The van der Waals surface area contributed by atoms with Crippen LogP contribution >= 0.6 is 0 Å². The van der Waals surface area contributed by atoms with Gasteiger partial charge in [0.15, 0.2) is 5.82 Å². The van der Waals surface area contributed by atoms with Crippen molar-refractivity contribution in [1.29, 1.82) is 0 Å². The number of fused-ring (bicyclic) bond motifs is 1. The average Bonchev–Trinajstić information content (AvgIpc) is 3.40. The summed E-state index contributed by atoms with van der Waals surface area (Å²) in [5, 5.41) is 16.4. The largest absolute Gasteiger partial charge is 0.496 e. The highest BCUT2D eigenvalue weighted by molar-refractivity contribution is 6.00. The molecule has 1 amide bonds. The molecule has 0 aliphatic carbocycles. The summed E-state index contributed by atoms with van der Waals surface area (Å²) in [6.07, 6.45) is 6.12. The Morgan fingerprint density at radius 1 is 1.03 bits per heavy atom. The van der Waals surface area contributed by atoms with Crippen molar-refractivity contribution in [3.05, 3.63) is 78.0 Å². The quantitative estimate of drug-likeness (QED) is 0.491. The van der Waals surface area contributed by atoms with Crippen LogP contribution in [0.4, 0.5) is 0 Å². The lowest BCUT2D eigenvalue weighted by atomic mass is 10.1. The van der Waals surface area contributed by atoms with Crippen LogP contribution in [0.2, 0.25) is 0 Å².